The maximum atomic E-state index is 12.4. The molecule has 0 radical (unpaired) electrons. The highest BCUT2D eigenvalue weighted by Crippen LogP contribution is 2.37. The number of carbonyl (C=O) groups is 1. The fourth-order valence-corrected chi connectivity index (χ4v) is 2.55. The fourth-order valence-electron chi connectivity index (χ4n) is 2.55. The summed E-state index contributed by atoms with van der Waals surface area (Å²) in [5, 5.41) is 2.63. The number of H-pyrrole nitrogens is 1. The van der Waals surface area contributed by atoms with Gasteiger partial charge >= 0.3 is 0 Å². The first-order valence-electron chi connectivity index (χ1n) is 7.42. The molecule has 1 aromatic heterocycles. The number of nitrogens with one attached hydrogen (secondary N) is 2. The van der Waals surface area contributed by atoms with Gasteiger partial charge in [0.05, 0.1) is 12.7 Å². The third-order valence-electron chi connectivity index (χ3n) is 3.71. The van der Waals surface area contributed by atoms with E-state index in [1.165, 1.54) is 0 Å². The van der Waals surface area contributed by atoms with E-state index < -0.39 is 0 Å². The Morgan fingerprint density at radius 2 is 1.96 bits per heavy atom. The van der Waals surface area contributed by atoms with Gasteiger partial charge in [-0.1, -0.05) is 20.8 Å². The molecule has 2 rings (SSSR count). The van der Waals surface area contributed by atoms with Gasteiger partial charge in [-0.05, 0) is 35.2 Å². The summed E-state index contributed by atoms with van der Waals surface area (Å²) in [5.41, 5.74) is 1.92. The van der Waals surface area contributed by atoms with Crippen molar-refractivity contribution in [3.63, 3.8) is 0 Å². The number of hydrogen-bond donors (Lipinski definition) is 2. The van der Waals surface area contributed by atoms with Gasteiger partial charge in [0.1, 0.15) is 5.75 Å². The average molecular weight is 314 g/mol. The van der Waals surface area contributed by atoms with Crippen LogP contribution >= 0.6 is 0 Å². The molecule has 1 heterocycles. The Morgan fingerprint density at radius 1 is 1.26 bits per heavy atom. The first-order valence-corrected chi connectivity index (χ1v) is 7.42. The van der Waals surface area contributed by atoms with Crippen LogP contribution in [0.5, 0.6) is 5.75 Å². The van der Waals surface area contributed by atoms with Crippen molar-refractivity contribution in [1.29, 1.82) is 0 Å². The summed E-state index contributed by atoms with van der Waals surface area (Å²) >= 11 is 0. The highest BCUT2D eigenvalue weighted by Gasteiger charge is 2.26. The lowest BCUT2D eigenvalue weighted by Crippen LogP contribution is -2.23. The molecule has 23 heavy (non-hydrogen) atoms. The van der Waals surface area contributed by atoms with Crippen LogP contribution in [0, 0.1) is 0 Å². The molecule has 0 saturated heterocycles. The van der Waals surface area contributed by atoms with Crippen LogP contribution in [0.3, 0.4) is 0 Å². The summed E-state index contributed by atoms with van der Waals surface area (Å²) < 4.78 is 5.34. The molecule has 0 atom stereocenters. The van der Waals surface area contributed by atoms with Gasteiger partial charge in [-0.3, -0.25) is 9.59 Å². The Morgan fingerprint density at radius 3 is 2.48 bits per heavy atom. The molecule has 0 bridgehead atoms. The van der Waals surface area contributed by atoms with E-state index in [0.29, 0.717) is 22.4 Å². The molecule has 122 valence electrons. The molecule has 2 aromatic rings. The number of hydrogen-bond acceptors (Lipinski definition) is 3. The smallest absolute Gasteiger partial charge is 0.255 e. The molecule has 0 fully saturated rings. The standard InChI is InChI=1S/C18H22N2O3/c1-18(2,3)14-10-11(23-5)9-13(16(21)19-4)15(14)12-7-6-8-20-17(12)22/h6-10H,1-5H3,(H,19,21)(H,20,22). The van der Waals surface area contributed by atoms with E-state index in [2.05, 4.69) is 10.3 Å². The van der Waals surface area contributed by atoms with Crippen molar-refractivity contribution >= 4 is 5.91 Å². The molecule has 1 aromatic carbocycles. The minimum Gasteiger partial charge on any atom is -0.497 e. The minimum atomic E-state index is -0.269. The molecular weight excluding hydrogens is 292 g/mol. The number of ether oxygens (including phenoxy) is 1. The summed E-state index contributed by atoms with van der Waals surface area (Å²) in [6.07, 6.45) is 1.58. The number of benzene rings is 1. The second kappa shape index (κ2) is 6.28. The van der Waals surface area contributed by atoms with Gasteiger partial charge in [-0.25, -0.2) is 0 Å². The number of rotatable bonds is 3. The van der Waals surface area contributed by atoms with Crippen molar-refractivity contribution in [2.75, 3.05) is 14.2 Å². The molecule has 1 amide bonds. The summed E-state index contributed by atoms with van der Waals surface area (Å²) in [5.74, 6) is 0.331. The van der Waals surface area contributed by atoms with Gasteiger partial charge in [-0.15, -0.1) is 0 Å². The number of pyridine rings is 1. The monoisotopic (exact) mass is 314 g/mol. The molecule has 0 aliphatic carbocycles. The van der Waals surface area contributed by atoms with Crippen LogP contribution in [0.4, 0.5) is 0 Å². The van der Waals surface area contributed by atoms with Crippen LogP contribution in [0.1, 0.15) is 36.7 Å². The van der Waals surface area contributed by atoms with E-state index in [0.717, 1.165) is 5.56 Å². The van der Waals surface area contributed by atoms with Crippen molar-refractivity contribution in [2.45, 2.75) is 26.2 Å². The van der Waals surface area contributed by atoms with Crippen LogP contribution in [0.15, 0.2) is 35.3 Å². The van der Waals surface area contributed by atoms with Gasteiger partial charge < -0.3 is 15.0 Å². The highest BCUT2D eigenvalue weighted by molar-refractivity contribution is 6.02. The zero-order valence-electron chi connectivity index (χ0n) is 14.1. The van der Waals surface area contributed by atoms with E-state index in [4.69, 9.17) is 4.74 Å². The van der Waals surface area contributed by atoms with Crippen LogP contribution in [-0.4, -0.2) is 25.0 Å². The van der Waals surface area contributed by atoms with Gasteiger partial charge in [0, 0.05) is 24.4 Å². The summed E-state index contributed by atoms with van der Waals surface area (Å²) in [7, 11) is 3.13. The minimum absolute atomic E-state index is 0.228. The summed E-state index contributed by atoms with van der Waals surface area (Å²) in [6.45, 7) is 6.11. The molecule has 0 spiro atoms. The molecular formula is C18H22N2O3. The topological polar surface area (TPSA) is 71.2 Å². The first-order chi connectivity index (χ1) is 10.8. The van der Waals surface area contributed by atoms with Crippen molar-refractivity contribution in [1.82, 2.24) is 10.3 Å². The van der Waals surface area contributed by atoms with Crippen molar-refractivity contribution in [3.8, 4) is 16.9 Å². The molecule has 0 aliphatic heterocycles. The predicted octanol–water partition coefficient (Wildman–Crippen LogP) is 2.71. The lowest BCUT2D eigenvalue weighted by Gasteiger charge is -2.25. The largest absolute Gasteiger partial charge is 0.497 e. The van der Waals surface area contributed by atoms with Crippen LogP contribution in [-0.2, 0) is 5.41 Å². The zero-order valence-corrected chi connectivity index (χ0v) is 14.1. The third-order valence-corrected chi connectivity index (χ3v) is 3.71. The van der Waals surface area contributed by atoms with Crippen molar-refractivity contribution < 1.29 is 9.53 Å². The van der Waals surface area contributed by atoms with Crippen molar-refractivity contribution in [2.24, 2.45) is 0 Å². The SMILES string of the molecule is CNC(=O)c1cc(OC)cc(C(C)(C)C)c1-c1ccc[nH]c1=O. The Balaban J connectivity index is 2.94. The number of methoxy groups -OCH3 is 1. The van der Waals surface area contributed by atoms with E-state index in [1.807, 2.05) is 26.8 Å². The number of aromatic amines is 1. The van der Waals surface area contributed by atoms with Crippen LogP contribution in [0.2, 0.25) is 0 Å². The maximum Gasteiger partial charge on any atom is 0.255 e. The third kappa shape index (κ3) is 3.28. The van der Waals surface area contributed by atoms with Gasteiger partial charge in [0.2, 0.25) is 0 Å². The predicted molar refractivity (Wildman–Crippen MR) is 91.1 cm³/mol. The van der Waals surface area contributed by atoms with Gasteiger partial charge in [0.25, 0.3) is 11.5 Å². The van der Waals surface area contributed by atoms with Crippen LogP contribution < -0.4 is 15.6 Å². The zero-order chi connectivity index (χ0) is 17.2. The Labute approximate surface area is 135 Å². The maximum absolute atomic E-state index is 12.4. The number of amides is 1. The van der Waals surface area contributed by atoms with E-state index >= 15 is 0 Å². The molecule has 5 nitrogen and oxygen atoms in total. The second-order valence-corrected chi connectivity index (χ2v) is 6.34. The molecule has 0 aliphatic rings. The second-order valence-electron chi connectivity index (χ2n) is 6.34. The van der Waals surface area contributed by atoms with Crippen LogP contribution in [0.25, 0.3) is 11.1 Å². The Hall–Kier alpha value is -2.56. The lowest BCUT2D eigenvalue weighted by molar-refractivity contribution is 0.0963. The summed E-state index contributed by atoms with van der Waals surface area (Å²) in [6, 6.07) is 7.02. The van der Waals surface area contributed by atoms with E-state index in [1.54, 1.807) is 38.6 Å². The van der Waals surface area contributed by atoms with Crippen molar-refractivity contribution in [3.05, 3.63) is 51.9 Å². The quantitative estimate of drug-likeness (QED) is 0.915. The summed E-state index contributed by atoms with van der Waals surface area (Å²) in [4.78, 5) is 27.4. The number of aromatic nitrogens is 1. The van der Waals surface area contributed by atoms with Gasteiger partial charge in [-0.2, -0.15) is 0 Å². The van der Waals surface area contributed by atoms with Gasteiger partial charge in [0.15, 0.2) is 0 Å². The molecule has 5 heteroatoms. The highest BCUT2D eigenvalue weighted by atomic mass is 16.5. The first kappa shape index (κ1) is 16.8. The lowest BCUT2D eigenvalue weighted by atomic mass is 9.79. The molecule has 0 unspecified atom stereocenters. The number of carbonyl (C=O) groups excluding carboxylic acids is 1. The van der Waals surface area contributed by atoms with E-state index in [-0.39, 0.29) is 16.9 Å². The Bertz CT molecular complexity index is 786. The molecule has 2 N–H and O–H groups in total. The average Bonchev–Trinajstić information content (AvgIpc) is 2.52. The molecule has 0 saturated carbocycles. The fraction of sp³-hybridized carbons (Fsp3) is 0.333. The Kier molecular flexibility index (Phi) is 4.59. The van der Waals surface area contributed by atoms with E-state index in [9.17, 15) is 9.59 Å². The normalized spacial score (nSPS) is 11.2.